The molecule has 17 heavy (non-hydrogen) atoms. The summed E-state index contributed by atoms with van der Waals surface area (Å²) in [5.74, 6) is 0. The fourth-order valence-corrected chi connectivity index (χ4v) is 2.09. The quantitative estimate of drug-likeness (QED) is 0.704. The van der Waals surface area contributed by atoms with Crippen LogP contribution < -0.4 is 0 Å². The van der Waals surface area contributed by atoms with Crippen molar-refractivity contribution in [2.24, 2.45) is 0 Å². The first-order valence-electron chi connectivity index (χ1n) is 5.54. The van der Waals surface area contributed by atoms with Gasteiger partial charge in [-0.15, -0.1) is 11.6 Å². The molecule has 1 atom stereocenters. The van der Waals surface area contributed by atoms with Crippen LogP contribution >= 0.6 is 11.6 Å². The molecule has 2 heteroatoms. The van der Waals surface area contributed by atoms with Crippen molar-refractivity contribution in [3.8, 4) is 0 Å². The molecule has 88 valence electrons. The van der Waals surface area contributed by atoms with Gasteiger partial charge in [-0.05, 0) is 18.1 Å². The van der Waals surface area contributed by atoms with Crippen molar-refractivity contribution in [3.63, 3.8) is 0 Å². The molecular formula is C15H14ClF. The van der Waals surface area contributed by atoms with E-state index < -0.39 is 11.5 Å². The topological polar surface area (TPSA) is 0 Å². The Balaban J connectivity index is 2.48. The molecule has 0 saturated carbocycles. The van der Waals surface area contributed by atoms with E-state index in [9.17, 15) is 4.39 Å². The highest BCUT2D eigenvalue weighted by Crippen LogP contribution is 2.37. The summed E-state index contributed by atoms with van der Waals surface area (Å²) in [5, 5.41) is 0. The lowest BCUT2D eigenvalue weighted by Crippen LogP contribution is -2.22. The Morgan fingerprint density at radius 1 is 0.941 bits per heavy atom. The first kappa shape index (κ1) is 12.1. The van der Waals surface area contributed by atoms with Gasteiger partial charge in [-0.1, -0.05) is 60.2 Å². The predicted octanol–water partition coefficient (Wildman–Crippen LogP) is 4.45. The highest BCUT2D eigenvalue weighted by Gasteiger charge is 2.31. The zero-order chi connectivity index (χ0) is 12.3. The third kappa shape index (κ3) is 2.34. The lowest BCUT2D eigenvalue weighted by Gasteiger charge is -2.25. The van der Waals surface area contributed by atoms with Gasteiger partial charge < -0.3 is 0 Å². The summed E-state index contributed by atoms with van der Waals surface area (Å²) in [6.45, 7) is 1.37. The molecule has 0 heterocycles. The lowest BCUT2D eigenvalue weighted by molar-refractivity contribution is 0.432. The largest absolute Gasteiger partial charge is 0.248 e. The van der Waals surface area contributed by atoms with E-state index in [4.69, 9.17) is 11.6 Å². The van der Waals surface area contributed by atoms with Crippen molar-refractivity contribution >= 4 is 11.6 Å². The van der Waals surface area contributed by atoms with Gasteiger partial charge in [0.25, 0.3) is 0 Å². The molecule has 0 radical (unpaired) electrons. The molecule has 2 aromatic rings. The molecule has 0 N–H and O–H groups in total. The van der Waals surface area contributed by atoms with Crippen LogP contribution in [0.25, 0.3) is 0 Å². The summed E-state index contributed by atoms with van der Waals surface area (Å²) in [6, 6.07) is 17.0. The first-order valence-corrected chi connectivity index (χ1v) is 5.92. The van der Waals surface area contributed by atoms with Crippen LogP contribution in [0.5, 0.6) is 0 Å². The smallest absolute Gasteiger partial charge is 0.123 e. The van der Waals surface area contributed by atoms with Crippen LogP contribution in [0, 0.1) is 6.92 Å². The van der Waals surface area contributed by atoms with E-state index in [0.29, 0.717) is 0 Å². The van der Waals surface area contributed by atoms with Crippen LogP contribution in [0.4, 0.5) is 4.39 Å². The third-order valence-electron chi connectivity index (χ3n) is 2.92. The monoisotopic (exact) mass is 248 g/mol. The van der Waals surface area contributed by atoms with E-state index in [1.165, 1.54) is 0 Å². The van der Waals surface area contributed by atoms with Gasteiger partial charge in [0.05, 0.1) is 0 Å². The van der Waals surface area contributed by atoms with Crippen LogP contribution in [-0.4, -0.2) is 6.67 Å². The molecule has 0 saturated heterocycles. The predicted molar refractivity (Wildman–Crippen MR) is 70.2 cm³/mol. The minimum Gasteiger partial charge on any atom is -0.248 e. The molecule has 0 bridgehead atoms. The average Bonchev–Trinajstić information content (AvgIpc) is 2.40. The minimum absolute atomic E-state index is 0.623. The zero-order valence-corrected chi connectivity index (χ0v) is 10.4. The van der Waals surface area contributed by atoms with Crippen LogP contribution in [0.15, 0.2) is 54.6 Å². The molecule has 0 nitrogen and oxygen atoms in total. The standard InChI is InChI=1S/C15H14ClF/c1-12-7-9-14(10-8-12)15(16,11-17)13-5-3-2-4-6-13/h2-10H,11H2,1H3. The van der Waals surface area contributed by atoms with Crippen molar-refractivity contribution in [2.75, 3.05) is 6.67 Å². The van der Waals surface area contributed by atoms with Gasteiger partial charge in [-0.25, -0.2) is 4.39 Å². The number of aryl methyl sites for hydroxylation is 1. The maximum Gasteiger partial charge on any atom is 0.123 e. The number of hydrogen-bond acceptors (Lipinski definition) is 0. The van der Waals surface area contributed by atoms with Gasteiger partial charge in [0.1, 0.15) is 11.5 Å². The zero-order valence-electron chi connectivity index (χ0n) is 9.66. The van der Waals surface area contributed by atoms with Crippen molar-refractivity contribution in [2.45, 2.75) is 11.8 Å². The van der Waals surface area contributed by atoms with E-state index in [1.54, 1.807) is 0 Å². The maximum absolute atomic E-state index is 13.4. The van der Waals surface area contributed by atoms with Crippen molar-refractivity contribution in [3.05, 3.63) is 71.3 Å². The van der Waals surface area contributed by atoms with E-state index in [2.05, 4.69) is 0 Å². The number of hydrogen-bond donors (Lipinski definition) is 0. The van der Waals surface area contributed by atoms with Gasteiger partial charge in [0.2, 0.25) is 0 Å². The fourth-order valence-electron chi connectivity index (χ4n) is 1.84. The SMILES string of the molecule is Cc1ccc(C(Cl)(CF)c2ccccc2)cc1. The Kier molecular flexibility index (Phi) is 3.49. The molecule has 0 aliphatic rings. The number of benzene rings is 2. The van der Waals surface area contributed by atoms with E-state index in [-0.39, 0.29) is 0 Å². The number of alkyl halides is 2. The molecule has 1 unspecified atom stereocenters. The lowest BCUT2D eigenvalue weighted by atomic mass is 9.91. The molecular weight excluding hydrogens is 235 g/mol. The first-order chi connectivity index (χ1) is 8.16. The fraction of sp³-hybridized carbons (Fsp3) is 0.200. The van der Waals surface area contributed by atoms with Gasteiger partial charge in [0, 0.05) is 0 Å². The second-order valence-electron chi connectivity index (χ2n) is 4.17. The molecule has 2 aromatic carbocycles. The molecule has 0 fully saturated rings. The maximum atomic E-state index is 13.4. The van der Waals surface area contributed by atoms with E-state index in [0.717, 1.165) is 16.7 Å². The van der Waals surface area contributed by atoms with Crippen LogP contribution in [0.2, 0.25) is 0 Å². The van der Waals surface area contributed by atoms with Crippen molar-refractivity contribution in [1.29, 1.82) is 0 Å². The Hall–Kier alpha value is -1.34. The van der Waals surface area contributed by atoms with E-state index >= 15 is 0 Å². The molecule has 0 aliphatic carbocycles. The molecule has 2 rings (SSSR count). The van der Waals surface area contributed by atoms with Crippen LogP contribution in [0.3, 0.4) is 0 Å². The second kappa shape index (κ2) is 4.89. The van der Waals surface area contributed by atoms with Crippen LogP contribution in [0.1, 0.15) is 16.7 Å². The van der Waals surface area contributed by atoms with Crippen molar-refractivity contribution < 1.29 is 4.39 Å². The number of rotatable bonds is 3. The summed E-state index contributed by atoms with van der Waals surface area (Å²) in [7, 11) is 0. The molecule has 0 aliphatic heterocycles. The van der Waals surface area contributed by atoms with Gasteiger partial charge in [-0.3, -0.25) is 0 Å². The Labute approximate surface area is 106 Å². The minimum atomic E-state index is -1.07. The van der Waals surface area contributed by atoms with Crippen LogP contribution in [-0.2, 0) is 4.87 Å². The normalized spacial score (nSPS) is 14.3. The summed E-state index contributed by atoms with van der Waals surface area (Å²) in [6.07, 6.45) is 0. The van der Waals surface area contributed by atoms with Gasteiger partial charge in [-0.2, -0.15) is 0 Å². The Bertz CT molecular complexity index is 478. The molecule has 0 spiro atoms. The van der Waals surface area contributed by atoms with E-state index in [1.807, 2.05) is 61.5 Å². The average molecular weight is 249 g/mol. The van der Waals surface area contributed by atoms with Gasteiger partial charge >= 0.3 is 0 Å². The highest BCUT2D eigenvalue weighted by atomic mass is 35.5. The molecule has 0 aromatic heterocycles. The highest BCUT2D eigenvalue weighted by molar-refractivity contribution is 6.26. The Morgan fingerprint density at radius 2 is 1.47 bits per heavy atom. The summed E-state index contributed by atoms with van der Waals surface area (Å²) in [4.78, 5) is -1.07. The summed E-state index contributed by atoms with van der Waals surface area (Å²) < 4.78 is 13.4. The summed E-state index contributed by atoms with van der Waals surface area (Å²) in [5.41, 5.74) is 2.71. The summed E-state index contributed by atoms with van der Waals surface area (Å²) >= 11 is 6.45. The van der Waals surface area contributed by atoms with Gasteiger partial charge in [0.15, 0.2) is 0 Å². The Morgan fingerprint density at radius 3 is 2.00 bits per heavy atom. The second-order valence-corrected chi connectivity index (χ2v) is 4.81. The third-order valence-corrected chi connectivity index (χ3v) is 3.46. The number of halogens is 2. The molecule has 0 amide bonds. The van der Waals surface area contributed by atoms with Crippen molar-refractivity contribution in [1.82, 2.24) is 0 Å².